The van der Waals surface area contributed by atoms with E-state index in [-0.39, 0.29) is 5.76 Å². The second-order valence-electron chi connectivity index (χ2n) is 3.57. The number of terminal acetylenes is 1. The lowest BCUT2D eigenvalue weighted by atomic mass is 10.2. The maximum Gasteiger partial charge on any atom is 0.433 e. The molecule has 1 N–H and O–H groups in total. The van der Waals surface area contributed by atoms with Crippen molar-refractivity contribution in [3.63, 3.8) is 0 Å². The number of benzene rings is 1. The Hall–Kier alpha value is -3.07. The number of rotatable bonds is 3. The second kappa shape index (κ2) is 5.06. The molecule has 0 saturated heterocycles. The number of carbonyl (C=O) groups is 1. The summed E-state index contributed by atoms with van der Waals surface area (Å²) >= 11 is 0. The largest absolute Gasteiger partial charge is 0.433 e. The lowest BCUT2D eigenvalue weighted by Gasteiger charge is -2.02. The van der Waals surface area contributed by atoms with Crippen molar-refractivity contribution in [2.45, 2.75) is 0 Å². The molecule has 0 saturated carbocycles. The number of nitrogens with zero attached hydrogens (tertiary/aromatic N) is 1. The SMILES string of the molecule is C#Cc1cccc(NC(=O)c2ccc([N+](=O)[O-])o2)c1. The normalized spacial score (nSPS) is 9.63. The van der Waals surface area contributed by atoms with Gasteiger partial charge in [0.25, 0.3) is 5.91 Å². The van der Waals surface area contributed by atoms with E-state index in [2.05, 4.69) is 11.2 Å². The maximum atomic E-state index is 11.8. The number of hydrogen-bond donors (Lipinski definition) is 1. The molecule has 0 aliphatic heterocycles. The highest BCUT2D eigenvalue weighted by Crippen LogP contribution is 2.17. The van der Waals surface area contributed by atoms with Gasteiger partial charge in [-0.1, -0.05) is 12.0 Å². The van der Waals surface area contributed by atoms with E-state index in [4.69, 9.17) is 10.8 Å². The highest BCUT2D eigenvalue weighted by molar-refractivity contribution is 6.02. The first kappa shape index (κ1) is 12.4. The van der Waals surface area contributed by atoms with E-state index in [0.717, 1.165) is 6.07 Å². The fraction of sp³-hybridized carbons (Fsp3) is 0. The van der Waals surface area contributed by atoms with Gasteiger partial charge in [-0.15, -0.1) is 6.42 Å². The number of furan rings is 1. The van der Waals surface area contributed by atoms with Gasteiger partial charge in [0.1, 0.15) is 4.92 Å². The number of anilines is 1. The molecule has 0 aliphatic rings. The van der Waals surface area contributed by atoms with Crippen molar-refractivity contribution < 1.29 is 14.1 Å². The Balaban J connectivity index is 2.16. The molecule has 0 unspecified atom stereocenters. The van der Waals surface area contributed by atoms with Crippen molar-refractivity contribution in [3.05, 3.63) is 57.8 Å². The number of carbonyl (C=O) groups excluding carboxylic acids is 1. The molecule has 19 heavy (non-hydrogen) atoms. The highest BCUT2D eigenvalue weighted by Gasteiger charge is 2.17. The van der Waals surface area contributed by atoms with Gasteiger partial charge in [0.05, 0.1) is 6.07 Å². The molecule has 0 spiro atoms. The molecule has 0 aliphatic carbocycles. The van der Waals surface area contributed by atoms with E-state index < -0.39 is 16.7 Å². The molecular weight excluding hydrogens is 248 g/mol. The predicted octanol–water partition coefficient (Wildman–Crippen LogP) is 2.42. The van der Waals surface area contributed by atoms with Crippen molar-refractivity contribution >= 4 is 17.5 Å². The first-order valence-corrected chi connectivity index (χ1v) is 5.22. The van der Waals surface area contributed by atoms with Crippen molar-refractivity contribution in [3.8, 4) is 12.3 Å². The third-order valence-corrected chi connectivity index (χ3v) is 2.28. The van der Waals surface area contributed by atoms with Gasteiger partial charge in [-0.05, 0) is 24.3 Å². The summed E-state index contributed by atoms with van der Waals surface area (Å²) in [7, 11) is 0. The predicted molar refractivity (Wildman–Crippen MR) is 67.7 cm³/mol. The van der Waals surface area contributed by atoms with Gasteiger partial charge in [0.2, 0.25) is 0 Å². The Morgan fingerprint density at radius 3 is 2.79 bits per heavy atom. The number of hydrogen-bond acceptors (Lipinski definition) is 4. The Bertz CT molecular complexity index is 682. The van der Waals surface area contributed by atoms with E-state index in [9.17, 15) is 14.9 Å². The highest BCUT2D eigenvalue weighted by atomic mass is 16.6. The second-order valence-corrected chi connectivity index (χ2v) is 3.57. The summed E-state index contributed by atoms with van der Waals surface area (Å²) in [6.45, 7) is 0. The number of amides is 1. The standard InChI is InChI=1S/C13H8N2O4/c1-2-9-4-3-5-10(8-9)14-13(16)11-6-7-12(19-11)15(17)18/h1,3-8H,(H,14,16). The molecule has 2 aromatic rings. The van der Waals surface area contributed by atoms with Gasteiger partial charge in [-0.25, -0.2) is 0 Å². The fourth-order valence-electron chi connectivity index (χ4n) is 1.43. The first-order valence-electron chi connectivity index (χ1n) is 5.22. The molecule has 94 valence electrons. The van der Waals surface area contributed by atoms with Crippen LogP contribution in [0.4, 0.5) is 11.6 Å². The monoisotopic (exact) mass is 256 g/mol. The summed E-state index contributed by atoms with van der Waals surface area (Å²) < 4.78 is 4.78. The van der Waals surface area contributed by atoms with Crippen LogP contribution in [0.3, 0.4) is 0 Å². The summed E-state index contributed by atoms with van der Waals surface area (Å²) in [5, 5.41) is 13.0. The van der Waals surface area contributed by atoms with Crippen molar-refractivity contribution in [1.29, 1.82) is 0 Å². The quantitative estimate of drug-likeness (QED) is 0.519. The molecule has 1 heterocycles. The molecule has 1 aromatic heterocycles. The summed E-state index contributed by atoms with van der Waals surface area (Å²) in [5.74, 6) is 1.23. The van der Waals surface area contributed by atoms with Crippen LogP contribution in [0.2, 0.25) is 0 Å². The molecule has 0 atom stereocenters. The van der Waals surface area contributed by atoms with Crippen molar-refractivity contribution in [2.24, 2.45) is 0 Å². The average molecular weight is 256 g/mol. The molecular formula is C13H8N2O4. The molecule has 6 nitrogen and oxygen atoms in total. The van der Waals surface area contributed by atoms with Crippen LogP contribution in [-0.4, -0.2) is 10.8 Å². The lowest BCUT2D eigenvalue weighted by molar-refractivity contribution is -0.402. The maximum absolute atomic E-state index is 11.8. The zero-order valence-corrected chi connectivity index (χ0v) is 9.62. The summed E-state index contributed by atoms with van der Waals surface area (Å²) in [6, 6.07) is 9.01. The van der Waals surface area contributed by atoms with Gasteiger partial charge < -0.3 is 9.73 Å². The molecule has 6 heteroatoms. The van der Waals surface area contributed by atoms with Crippen LogP contribution in [0.25, 0.3) is 0 Å². The molecule has 0 fully saturated rings. The minimum absolute atomic E-state index is 0.141. The van der Waals surface area contributed by atoms with Crippen LogP contribution < -0.4 is 5.32 Å². The minimum atomic E-state index is -0.713. The van der Waals surface area contributed by atoms with E-state index >= 15 is 0 Å². The molecule has 2 rings (SSSR count). The van der Waals surface area contributed by atoms with Crippen molar-refractivity contribution in [2.75, 3.05) is 5.32 Å². The van der Waals surface area contributed by atoms with E-state index in [1.54, 1.807) is 24.3 Å². The Kier molecular flexibility index (Phi) is 3.30. The van der Waals surface area contributed by atoms with Crippen molar-refractivity contribution in [1.82, 2.24) is 0 Å². The van der Waals surface area contributed by atoms with Crippen LogP contribution in [0.15, 0.2) is 40.8 Å². The third-order valence-electron chi connectivity index (χ3n) is 2.28. The zero-order valence-electron chi connectivity index (χ0n) is 9.62. The van der Waals surface area contributed by atoms with Gasteiger partial charge in [0, 0.05) is 11.3 Å². The van der Waals surface area contributed by atoms with Gasteiger partial charge in [-0.3, -0.25) is 14.9 Å². The molecule has 0 bridgehead atoms. The number of nitro groups is 1. The fourth-order valence-corrected chi connectivity index (χ4v) is 1.43. The molecule has 1 aromatic carbocycles. The topological polar surface area (TPSA) is 85.4 Å². The van der Waals surface area contributed by atoms with E-state index in [1.165, 1.54) is 6.07 Å². The lowest BCUT2D eigenvalue weighted by Crippen LogP contribution is -2.10. The van der Waals surface area contributed by atoms with E-state index in [1.807, 2.05) is 0 Å². The third kappa shape index (κ3) is 2.79. The Morgan fingerprint density at radius 1 is 1.37 bits per heavy atom. The first-order chi connectivity index (χ1) is 9.10. The minimum Gasteiger partial charge on any atom is -0.395 e. The smallest absolute Gasteiger partial charge is 0.395 e. The van der Waals surface area contributed by atoms with Gasteiger partial charge in [0.15, 0.2) is 5.76 Å². The number of nitrogens with one attached hydrogen (secondary N) is 1. The molecule has 1 amide bonds. The van der Waals surface area contributed by atoms with Crippen LogP contribution in [0.5, 0.6) is 0 Å². The van der Waals surface area contributed by atoms with Crippen LogP contribution in [0.1, 0.15) is 16.1 Å². The van der Waals surface area contributed by atoms with Crippen LogP contribution in [0, 0.1) is 22.5 Å². The van der Waals surface area contributed by atoms with Gasteiger partial charge >= 0.3 is 5.88 Å². The van der Waals surface area contributed by atoms with Crippen LogP contribution in [-0.2, 0) is 0 Å². The average Bonchev–Trinajstić information content (AvgIpc) is 2.89. The summed E-state index contributed by atoms with van der Waals surface area (Å²) in [6.07, 6.45) is 5.24. The summed E-state index contributed by atoms with van der Waals surface area (Å²) in [5.41, 5.74) is 1.10. The summed E-state index contributed by atoms with van der Waals surface area (Å²) in [4.78, 5) is 21.5. The Labute approximate surface area is 108 Å². The van der Waals surface area contributed by atoms with E-state index in [0.29, 0.717) is 11.3 Å². The zero-order chi connectivity index (χ0) is 13.8. The van der Waals surface area contributed by atoms with Gasteiger partial charge in [-0.2, -0.15) is 0 Å². The Morgan fingerprint density at radius 2 is 2.16 bits per heavy atom. The van der Waals surface area contributed by atoms with Crippen LogP contribution >= 0.6 is 0 Å². The molecule has 0 radical (unpaired) electrons.